The fourth-order valence-electron chi connectivity index (χ4n) is 3.11. The molecule has 1 aromatic rings. The van der Waals surface area contributed by atoms with Crippen LogP contribution in [-0.2, 0) is 16.1 Å². The Morgan fingerprint density at radius 2 is 1.91 bits per heavy atom. The lowest BCUT2D eigenvalue weighted by Gasteiger charge is -2.26. The third kappa shape index (κ3) is 2.77. The van der Waals surface area contributed by atoms with Crippen molar-refractivity contribution in [3.63, 3.8) is 0 Å². The average Bonchev–Trinajstić information content (AvgIpc) is 3.25. The largest absolute Gasteiger partial charge is 0.486 e. The molecular formula is C17H21NO4. The zero-order valence-electron chi connectivity index (χ0n) is 12.6. The maximum absolute atomic E-state index is 12.7. The Hall–Kier alpha value is -1.75. The van der Waals surface area contributed by atoms with E-state index in [9.17, 15) is 4.79 Å². The third-order valence-corrected chi connectivity index (χ3v) is 4.44. The SMILES string of the molecule is O=C([C@@H]1CCCO1)N(Cc1ccc2c(c1)OCCO2)C1CC1. The number of carbonyl (C=O) groups excluding carboxylic acids is 1. The fourth-order valence-corrected chi connectivity index (χ4v) is 3.11. The highest BCUT2D eigenvalue weighted by Crippen LogP contribution is 2.34. The fraction of sp³-hybridized carbons (Fsp3) is 0.588. The molecule has 118 valence electrons. The molecular weight excluding hydrogens is 282 g/mol. The van der Waals surface area contributed by atoms with Gasteiger partial charge in [-0.3, -0.25) is 4.79 Å². The predicted molar refractivity (Wildman–Crippen MR) is 80.0 cm³/mol. The van der Waals surface area contributed by atoms with E-state index in [-0.39, 0.29) is 12.0 Å². The molecule has 1 aromatic carbocycles. The molecule has 1 aliphatic carbocycles. The molecule has 4 rings (SSSR count). The number of fused-ring (bicyclic) bond motifs is 1. The number of ether oxygens (including phenoxy) is 3. The standard InChI is InChI=1S/C17H21NO4/c19-17(15-2-1-7-20-15)18(13-4-5-13)11-12-3-6-14-16(10-12)22-9-8-21-14/h3,6,10,13,15H,1-2,4-5,7-9,11H2/t15-/m0/s1. The summed E-state index contributed by atoms with van der Waals surface area (Å²) in [5.41, 5.74) is 1.09. The first-order valence-electron chi connectivity index (χ1n) is 8.12. The third-order valence-electron chi connectivity index (χ3n) is 4.44. The van der Waals surface area contributed by atoms with Gasteiger partial charge in [0, 0.05) is 19.2 Å². The van der Waals surface area contributed by atoms with Crippen LogP contribution in [0, 0.1) is 0 Å². The summed E-state index contributed by atoms with van der Waals surface area (Å²) in [6, 6.07) is 6.33. The van der Waals surface area contributed by atoms with E-state index >= 15 is 0 Å². The summed E-state index contributed by atoms with van der Waals surface area (Å²) in [6.07, 6.45) is 3.80. The lowest BCUT2D eigenvalue weighted by Crippen LogP contribution is -2.40. The van der Waals surface area contributed by atoms with Gasteiger partial charge >= 0.3 is 0 Å². The van der Waals surface area contributed by atoms with Crippen molar-refractivity contribution >= 4 is 5.91 Å². The van der Waals surface area contributed by atoms with Crippen LogP contribution < -0.4 is 9.47 Å². The summed E-state index contributed by atoms with van der Waals surface area (Å²) in [7, 11) is 0. The molecule has 3 aliphatic rings. The van der Waals surface area contributed by atoms with E-state index in [4.69, 9.17) is 14.2 Å². The predicted octanol–water partition coefficient (Wildman–Crippen LogP) is 2.13. The second-order valence-electron chi connectivity index (χ2n) is 6.18. The van der Waals surface area contributed by atoms with Crippen LogP contribution in [-0.4, -0.2) is 42.8 Å². The highest BCUT2D eigenvalue weighted by atomic mass is 16.6. The summed E-state index contributed by atoms with van der Waals surface area (Å²) < 4.78 is 16.7. The molecule has 5 heteroatoms. The van der Waals surface area contributed by atoms with Gasteiger partial charge in [0.25, 0.3) is 5.91 Å². The summed E-state index contributed by atoms with van der Waals surface area (Å²) in [5, 5.41) is 0. The minimum absolute atomic E-state index is 0.148. The van der Waals surface area contributed by atoms with Gasteiger partial charge in [-0.15, -0.1) is 0 Å². The number of amides is 1. The van der Waals surface area contributed by atoms with Crippen molar-refractivity contribution in [1.82, 2.24) is 4.90 Å². The van der Waals surface area contributed by atoms with Crippen LogP contribution in [0.5, 0.6) is 11.5 Å². The molecule has 0 bridgehead atoms. The van der Waals surface area contributed by atoms with Crippen LogP contribution in [0.1, 0.15) is 31.2 Å². The average molecular weight is 303 g/mol. The van der Waals surface area contributed by atoms with Gasteiger partial charge < -0.3 is 19.1 Å². The Labute approximate surface area is 130 Å². The number of rotatable bonds is 4. The van der Waals surface area contributed by atoms with Gasteiger partial charge in [0.15, 0.2) is 11.5 Å². The van der Waals surface area contributed by atoms with E-state index in [1.165, 1.54) is 0 Å². The van der Waals surface area contributed by atoms with Crippen molar-refractivity contribution in [2.24, 2.45) is 0 Å². The molecule has 1 saturated carbocycles. The Morgan fingerprint density at radius 1 is 1.09 bits per heavy atom. The first kappa shape index (κ1) is 13.9. The molecule has 0 unspecified atom stereocenters. The second kappa shape index (κ2) is 5.80. The van der Waals surface area contributed by atoms with Crippen molar-refractivity contribution in [1.29, 1.82) is 0 Å². The van der Waals surface area contributed by atoms with E-state index in [1.807, 2.05) is 23.1 Å². The summed E-state index contributed by atoms with van der Waals surface area (Å²) in [6.45, 7) is 2.51. The van der Waals surface area contributed by atoms with Crippen LogP contribution in [0.4, 0.5) is 0 Å². The molecule has 1 saturated heterocycles. The van der Waals surface area contributed by atoms with E-state index in [2.05, 4.69) is 0 Å². The minimum Gasteiger partial charge on any atom is -0.486 e. The van der Waals surface area contributed by atoms with E-state index in [0.29, 0.717) is 32.4 Å². The van der Waals surface area contributed by atoms with Crippen molar-refractivity contribution in [3.05, 3.63) is 23.8 Å². The van der Waals surface area contributed by atoms with Crippen molar-refractivity contribution in [3.8, 4) is 11.5 Å². The van der Waals surface area contributed by atoms with Crippen LogP contribution in [0.15, 0.2) is 18.2 Å². The highest BCUT2D eigenvalue weighted by Gasteiger charge is 2.37. The van der Waals surface area contributed by atoms with Gasteiger partial charge in [-0.05, 0) is 43.4 Å². The lowest BCUT2D eigenvalue weighted by molar-refractivity contribution is -0.142. The van der Waals surface area contributed by atoms with Gasteiger partial charge in [-0.25, -0.2) is 0 Å². The Kier molecular flexibility index (Phi) is 3.66. The molecule has 0 N–H and O–H groups in total. The first-order chi connectivity index (χ1) is 10.8. The maximum Gasteiger partial charge on any atom is 0.252 e. The number of hydrogen-bond acceptors (Lipinski definition) is 4. The maximum atomic E-state index is 12.7. The van der Waals surface area contributed by atoms with Gasteiger partial charge in [0.05, 0.1) is 0 Å². The summed E-state index contributed by atoms with van der Waals surface area (Å²) in [5.74, 6) is 1.72. The molecule has 5 nitrogen and oxygen atoms in total. The Balaban J connectivity index is 1.50. The first-order valence-corrected chi connectivity index (χ1v) is 8.12. The van der Waals surface area contributed by atoms with Crippen LogP contribution >= 0.6 is 0 Å². The number of hydrogen-bond donors (Lipinski definition) is 0. The van der Waals surface area contributed by atoms with E-state index < -0.39 is 0 Å². The van der Waals surface area contributed by atoms with Crippen molar-refractivity contribution in [2.45, 2.75) is 44.4 Å². The summed E-state index contributed by atoms with van der Waals surface area (Å²) in [4.78, 5) is 14.7. The smallest absolute Gasteiger partial charge is 0.252 e. The monoisotopic (exact) mass is 303 g/mol. The van der Waals surface area contributed by atoms with E-state index in [0.717, 1.165) is 42.7 Å². The van der Waals surface area contributed by atoms with Crippen LogP contribution in [0.25, 0.3) is 0 Å². The molecule has 0 radical (unpaired) electrons. The molecule has 1 atom stereocenters. The van der Waals surface area contributed by atoms with Gasteiger partial charge in [-0.2, -0.15) is 0 Å². The lowest BCUT2D eigenvalue weighted by atomic mass is 10.1. The molecule has 0 spiro atoms. The summed E-state index contributed by atoms with van der Waals surface area (Å²) >= 11 is 0. The molecule has 22 heavy (non-hydrogen) atoms. The van der Waals surface area contributed by atoms with Gasteiger partial charge in [-0.1, -0.05) is 6.07 Å². The second-order valence-corrected chi connectivity index (χ2v) is 6.18. The van der Waals surface area contributed by atoms with Crippen LogP contribution in [0.3, 0.4) is 0 Å². The molecule has 2 heterocycles. The molecule has 2 fully saturated rings. The van der Waals surface area contributed by atoms with Crippen molar-refractivity contribution < 1.29 is 19.0 Å². The van der Waals surface area contributed by atoms with Crippen LogP contribution in [0.2, 0.25) is 0 Å². The quantitative estimate of drug-likeness (QED) is 0.855. The van der Waals surface area contributed by atoms with Gasteiger partial charge in [0.2, 0.25) is 0 Å². The Bertz CT molecular complexity index is 564. The number of carbonyl (C=O) groups is 1. The molecule has 0 aromatic heterocycles. The molecule has 2 aliphatic heterocycles. The van der Waals surface area contributed by atoms with E-state index in [1.54, 1.807) is 0 Å². The molecule has 1 amide bonds. The minimum atomic E-state index is -0.238. The number of benzene rings is 1. The Morgan fingerprint density at radius 3 is 2.64 bits per heavy atom. The zero-order valence-corrected chi connectivity index (χ0v) is 12.6. The number of nitrogens with zero attached hydrogens (tertiary/aromatic N) is 1. The highest BCUT2D eigenvalue weighted by molar-refractivity contribution is 5.81. The zero-order chi connectivity index (χ0) is 14.9. The van der Waals surface area contributed by atoms with Gasteiger partial charge in [0.1, 0.15) is 19.3 Å². The van der Waals surface area contributed by atoms with Crippen molar-refractivity contribution in [2.75, 3.05) is 19.8 Å². The normalized spacial score (nSPS) is 23.4. The topological polar surface area (TPSA) is 48.0 Å².